The molecule has 1 heterocycles. The number of nitrogens with zero attached hydrogens (tertiary/aromatic N) is 2. The Hall–Kier alpha value is -2.36. The van der Waals surface area contributed by atoms with Crippen molar-refractivity contribution in [1.82, 2.24) is 4.98 Å². The first kappa shape index (κ1) is 14.1. The fraction of sp³-hybridized carbons (Fsp3) is 0.250. The lowest BCUT2D eigenvalue weighted by atomic mass is 10.1. The zero-order valence-corrected chi connectivity index (χ0v) is 11.9. The predicted molar refractivity (Wildman–Crippen MR) is 79.8 cm³/mol. The molecule has 2 rings (SSSR count). The van der Waals surface area contributed by atoms with Gasteiger partial charge in [-0.3, -0.25) is 0 Å². The van der Waals surface area contributed by atoms with Gasteiger partial charge in [0.2, 0.25) is 0 Å². The van der Waals surface area contributed by atoms with Gasteiger partial charge in [-0.15, -0.1) is 0 Å². The molecular weight excluding hydrogens is 252 g/mol. The van der Waals surface area contributed by atoms with E-state index in [0.29, 0.717) is 0 Å². The Morgan fingerprint density at radius 1 is 1.30 bits per heavy atom. The number of anilines is 2. The molecule has 2 aromatic rings. The summed E-state index contributed by atoms with van der Waals surface area (Å²) in [4.78, 5) is 17.1. The quantitative estimate of drug-likeness (QED) is 0.925. The third kappa shape index (κ3) is 2.79. The van der Waals surface area contributed by atoms with Crippen LogP contribution < -0.4 is 4.90 Å². The first-order valence-electron chi connectivity index (χ1n) is 6.55. The van der Waals surface area contributed by atoms with Crippen LogP contribution in [0.15, 0.2) is 36.5 Å². The van der Waals surface area contributed by atoms with Crippen LogP contribution in [-0.4, -0.2) is 23.1 Å². The van der Waals surface area contributed by atoms with Gasteiger partial charge in [0.1, 0.15) is 5.82 Å². The van der Waals surface area contributed by atoms with Crippen LogP contribution in [-0.2, 0) is 6.42 Å². The molecule has 1 aromatic carbocycles. The smallest absolute Gasteiger partial charge is 0.337 e. The van der Waals surface area contributed by atoms with Crippen LogP contribution in [0.1, 0.15) is 28.4 Å². The molecule has 0 spiro atoms. The fourth-order valence-corrected chi connectivity index (χ4v) is 2.11. The van der Waals surface area contributed by atoms with E-state index in [-0.39, 0.29) is 5.56 Å². The minimum atomic E-state index is -0.956. The topological polar surface area (TPSA) is 53.4 Å². The maximum Gasteiger partial charge on any atom is 0.337 e. The lowest BCUT2D eigenvalue weighted by molar-refractivity contribution is 0.0696. The average Bonchev–Trinajstić information content (AvgIpc) is 2.46. The maximum atomic E-state index is 10.9. The maximum absolute atomic E-state index is 10.9. The number of carboxylic acids is 1. The molecule has 1 aromatic heterocycles. The van der Waals surface area contributed by atoms with Gasteiger partial charge < -0.3 is 10.0 Å². The molecule has 0 unspecified atom stereocenters. The minimum absolute atomic E-state index is 0.209. The SMILES string of the molecule is CCc1ccc(N(C)c2ncc(C(=O)O)cc2C)cc1. The van der Waals surface area contributed by atoms with Gasteiger partial charge in [-0.25, -0.2) is 9.78 Å². The summed E-state index contributed by atoms with van der Waals surface area (Å²) in [6, 6.07) is 9.91. The van der Waals surface area contributed by atoms with Gasteiger partial charge >= 0.3 is 5.97 Å². The standard InChI is InChI=1S/C16H18N2O2/c1-4-12-5-7-14(8-6-12)18(3)15-11(2)9-13(10-17-15)16(19)20/h5-10H,4H2,1-3H3,(H,19,20). The zero-order valence-electron chi connectivity index (χ0n) is 11.9. The summed E-state index contributed by atoms with van der Waals surface area (Å²) in [5.41, 5.74) is 3.36. The Labute approximate surface area is 118 Å². The van der Waals surface area contributed by atoms with Crippen molar-refractivity contribution in [2.24, 2.45) is 0 Å². The van der Waals surface area contributed by atoms with Crippen molar-refractivity contribution < 1.29 is 9.90 Å². The number of aromatic nitrogens is 1. The molecule has 1 N–H and O–H groups in total. The Kier molecular flexibility index (Phi) is 4.03. The lowest BCUT2D eigenvalue weighted by Gasteiger charge is -2.20. The number of aryl methyl sites for hydroxylation is 2. The number of hydrogen-bond donors (Lipinski definition) is 1. The van der Waals surface area contributed by atoms with Gasteiger partial charge in [0.25, 0.3) is 0 Å². The highest BCUT2D eigenvalue weighted by Crippen LogP contribution is 2.25. The average molecular weight is 270 g/mol. The Morgan fingerprint density at radius 2 is 1.95 bits per heavy atom. The molecule has 0 fully saturated rings. The Balaban J connectivity index is 2.32. The van der Waals surface area contributed by atoms with Crippen LogP contribution in [0.25, 0.3) is 0 Å². The van der Waals surface area contributed by atoms with Crippen molar-refractivity contribution in [2.75, 3.05) is 11.9 Å². The number of benzene rings is 1. The Morgan fingerprint density at radius 3 is 2.45 bits per heavy atom. The first-order chi connectivity index (χ1) is 9.52. The molecule has 0 atom stereocenters. The molecule has 0 saturated heterocycles. The van der Waals surface area contributed by atoms with E-state index < -0.39 is 5.97 Å². The van der Waals surface area contributed by atoms with E-state index in [2.05, 4.69) is 24.0 Å². The van der Waals surface area contributed by atoms with E-state index in [1.54, 1.807) is 6.07 Å². The number of carboxylic acid groups (broad SMARTS) is 1. The number of aromatic carboxylic acids is 1. The summed E-state index contributed by atoms with van der Waals surface area (Å²) in [7, 11) is 1.93. The van der Waals surface area contributed by atoms with Crippen LogP contribution >= 0.6 is 0 Å². The highest BCUT2D eigenvalue weighted by molar-refractivity contribution is 5.88. The number of hydrogen-bond acceptors (Lipinski definition) is 3. The summed E-state index contributed by atoms with van der Waals surface area (Å²) >= 11 is 0. The molecule has 0 radical (unpaired) electrons. The van der Waals surface area contributed by atoms with E-state index in [1.165, 1.54) is 11.8 Å². The monoisotopic (exact) mass is 270 g/mol. The van der Waals surface area contributed by atoms with Gasteiger partial charge in [0.05, 0.1) is 5.56 Å². The predicted octanol–water partition coefficient (Wildman–Crippen LogP) is 3.42. The van der Waals surface area contributed by atoms with Gasteiger partial charge in [0, 0.05) is 18.9 Å². The van der Waals surface area contributed by atoms with Crippen LogP contribution in [0.4, 0.5) is 11.5 Å². The van der Waals surface area contributed by atoms with E-state index >= 15 is 0 Å². The molecule has 4 nitrogen and oxygen atoms in total. The van der Waals surface area contributed by atoms with Crippen molar-refractivity contribution in [3.8, 4) is 0 Å². The minimum Gasteiger partial charge on any atom is -0.478 e. The molecule has 0 saturated carbocycles. The van der Waals surface area contributed by atoms with Crippen molar-refractivity contribution >= 4 is 17.5 Å². The number of rotatable bonds is 4. The van der Waals surface area contributed by atoms with Crippen molar-refractivity contribution in [1.29, 1.82) is 0 Å². The second kappa shape index (κ2) is 5.74. The summed E-state index contributed by atoms with van der Waals surface area (Å²) < 4.78 is 0. The molecule has 0 aliphatic rings. The zero-order chi connectivity index (χ0) is 14.7. The normalized spacial score (nSPS) is 10.3. The third-order valence-electron chi connectivity index (χ3n) is 3.35. The Bertz CT molecular complexity index is 621. The van der Waals surface area contributed by atoms with Crippen LogP contribution in [0.3, 0.4) is 0 Å². The van der Waals surface area contributed by atoms with E-state index in [1.807, 2.05) is 31.0 Å². The second-order valence-corrected chi connectivity index (χ2v) is 4.75. The summed E-state index contributed by atoms with van der Waals surface area (Å²) in [5, 5.41) is 8.96. The van der Waals surface area contributed by atoms with Gasteiger partial charge in [-0.2, -0.15) is 0 Å². The van der Waals surface area contributed by atoms with Crippen LogP contribution in [0, 0.1) is 6.92 Å². The first-order valence-corrected chi connectivity index (χ1v) is 6.55. The largest absolute Gasteiger partial charge is 0.478 e. The van der Waals surface area contributed by atoms with Crippen molar-refractivity contribution in [3.05, 3.63) is 53.2 Å². The van der Waals surface area contributed by atoms with Crippen molar-refractivity contribution in [2.45, 2.75) is 20.3 Å². The molecule has 0 amide bonds. The van der Waals surface area contributed by atoms with Gasteiger partial charge in [-0.1, -0.05) is 19.1 Å². The molecule has 20 heavy (non-hydrogen) atoms. The number of carbonyl (C=O) groups is 1. The molecule has 4 heteroatoms. The fourth-order valence-electron chi connectivity index (χ4n) is 2.11. The van der Waals surface area contributed by atoms with Crippen molar-refractivity contribution in [3.63, 3.8) is 0 Å². The molecule has 0 bridgehead atoms. The third-order valence-corrected chi connectivity index (χ3v) is 3.35. The summed E-state index contributed by atoms with van der Waals surface area (Å²) in [6.45, 7) is 3.99. The van der Waals surface area contributed by atoms with Crippen LogP contribution in [0.2, 0.25) is 0 Å². The molecule has 0 aliphatic heterocycles. The highest BCUT2D eigenvalue weighted by Gasteiger charge is 2.11. The van der Waals surface area contributed by atoms with E-state index in [4.69, 9.17) is 5.11 Å². The van der Waals surface area contributed by atoms with Gasteiger partial charge in [0.15, 0.2) is 0 Å². The van der Waals surface area contributed by atoms with Crippen LogP contribution in [0.5, 0.6) is 0 Å². The molecule has 104 valence electrons. The van der Waals surface area contributed by atoms with Gasteiger partial charge in [-0.05, 0) is 42.7 Å². The lowest BCUT2D eigenvalue weighted by Crippen LogP contribution is -2.13. The second-order valence-electron chi connectivity index (χ2n) is 4.75. The highest BCUT2D eigenvalue weighted by atomic mass is 16.4. The summed E-state index contributed by atoms with van der Waals surface area (Å²) in [6.07, 6.45) is 2.40. The van der Waals surface area contributed by atoms with E-state index in [0.717, 1.165) is 23.5 Å². The van der Waals surface area contributed by atoms with E-state index in [9.17, 15) is 4.79 Å². The molecule has 0 aliphatic carbocycles. The summed E-state index contributed by atoms with van der Waals surface area (Å²) in [5.74, 6) is -0.193. The molecular formula is C16H18N2O2. The number of pyridine rings is 1.